The second kappa shape index (κ2) is 13.7. The van der Waals surface area contributed by atoms with Gasteiger partial charge in [0.2, 0.25) is 20.0 Å². The topological polar surface area (TPSA) is 124 Å². The van der Waals surface area contributed by atoms with Crippen LogP contribution in [0, 0.1) is 0 Å². The molecule has 0 aromatic heterocycles. The molecule has 0 radical (unpaired) electrons. The lowest BCUT2D eigenvalue weighted by Crippen LogP contribution is -2.48. The van der Waals surface area contributed by atoms with Gasteiger partial charge in [-0.1, -0.05) is 48.9 Å². The Morgan fingerprint density at radius 2 is 1.61 bits per heavy atom. The molecular formula is C23H29ClF3N3O6S2. The maximum absolute atomic E-state index is 13.4. The maximum atomic E-state index is 13.4. The Kier molecular flexibility index (Phi) is 11.5. The molecule has 0 saturated carbocycles. The predicted octanol–water partition coefficient (Wildman–Crippen LogP) is 2.96. The Labute approximate surface area is 225 Å². The van der Waals surface area contributed by atoms with Gasteiger partial charge in [-0.15, -0.1) is 0 Å². The van der Waals surface area contributed by atoms with Crippen molar-refractivity contribution in [2.24, 2.45) is 0 Å². The third kappa shape index (κ3) is 9.20. The number of nitrogens with one attached hydrogen (secondary N) is 1. The van der Waals surface area contributed by atoms with Gasteiger partial charge in [0, 0.05) is 44.3 Å². The van der Waals surface area contributed by atoms with Crippen molar-refractivity contribution >= 4 is 37.6 Å². The number of hydrogen-bond acceptors (Lipinski definition) is 6. The van der Waals surface area contributed by atoms with E-state index in [-0.39, 0.29) is 23.7 Å². The Bertz CT molecular complexity index is 1280. The molecule has 212 valence electrons. The van der Waals surface area contributed by atoms with Crippen LogP contribution >= 0.6 is 11.6 Å². The van der Waals surface area contributed by atoms with Crippen molar-refractivity contribution < 1.29 is 39.9 Å². The van der Waals surface area contributed by atoms with E-state index in [9.17, 15) is 30.0 Å². The van der Waals surface area contributed by atoms with Crippen molar-refractivity contribution in [1.82, 2.24) is 13.9 Å². The van der Waals surface area contributed by atoms with Gasteiger partial charge < -0.3 is 10.4 Å². The summed E-state index contributed by atoms with van der Waals surface area (Å²) in [5.41, 5.74) is 1.65. The first-order valence-corrected chi connectivity index (χ1v) is 14.9. The highest BCUT2D eigenvalue weighted by molar-refractivity contribution is 7.90. The van der Waals surface area contributed by atoms with Crippen molar-refractivity contribution in [3.05, 3.63) is 64.7 Å². The number of nitrogens with zero attached hydrogens (tertiary/aromatic N) is 2. The molecule has 0 aliphatic carbocycles. The number of rotatable bonds is 9. The van der Waals surface area contributed by atoms with Crippen molar-refractivity contribution in [2.75, 3.05) is 38.5 Å². The summed E-state index contributed by atoms with van der Waals surface area (Å²) in [6, 6.07) is 13.7. The first kappa shape index (κ1) is 32.0. The molecular weight excluding hydrogens is 571 g/mol. The Morgan fingerprint density at radius 1 is 1.05 bits per heavy atom. The van der Waals surface area contributed by atoms with E-state index in [0.717, 1.165) is 12.0 Å². The van der Waals surface area contributed by atoms with Crippen LogP contribution in [0.3, 0.4) is 0 Å². The molecule has 2 aromatic rings. The van der Waals surface area contributed by atoms with Gasteiger partial charge in [-0.3, -0.25) is 0 Å². The van der Waals surface area contributed by atoms with E-state index in [4.69, 9.17) is 21.5 Å². The van der Waals surface area contributed by atoms with Crippen LogP contribution < -0.4 is 5.32 Å². The molecule has 2 N–H and O–H groups in total. The second-order valence-electron chi connectivity index (χ2n) is 8.20. The average Bonchev–Trinajstić information content (AvgIpc) is 2.87. The summed E-state index contributed by atoms with van der Waals surface area (Å²) in [4.78, 5) is 9.03. The van der Waals surface area contributed by atoms with E-state index in [2.05, 4.69) is 5.32 Å². The minimum Gasteiger partial charge on any atom is -0.475 e. The molecule has 1 heterocycles. The Hall–Kier alpha value is -2.23. The largest absolute Gasteiger partial charge is 0.490 e. The standard InChI is InChI=1S/C21H28ClN3O4S2.C2HF3O2/c1-2-18-7-9-20(10-8-18)31(28,29)25(17-19-5-3-4-6-21(19)22)15-16-30(26,27)24-13-11-23-12-14-24;3-2(4,5)1(6)7/h3-10,23H,2,11-17H2,1H3;(H,6,7). The lowest BCUT2D eigenvalue weighted by molar-refractivity contribution is -0.192. The minimum atomic E-state index is -5.08. The van der Waals surface area contributed by atoms with E-state index in [1.807, 2.05) is 6.92 Å². The number of aryl methyl sites for hydroxylation is 1. The molecule has 1 fully saturated rings. The van der Waals surface area contributed by atoms with Crippen molar-refractivity contribution in [1.29, 1.82) is 0 Å². The summed E-state index contributed by atoms with van der Waals surface area (Å²) in [5.74, 6) is -3.04. The lowest BCUT2D eigenvalue weighted by atomic mass is 10.2. The van der Waals surface area contributed by atoms with Crippen molar-refractivity contribution in [3.8, 4) is 0 Å². The first-order chi connectivity index (χ1) is 17.7. The third-order valence-corrected chi connectivity index (χ3v) is 9.66. The molecule has 1 aliphatic rings. The van der Waals surface area contributed by atoms with Gasteiger partial charge in [0.1, 0.15) is 0 Å². The number of alkyl halides is 3. The molecule has 0 unspecified atom stereocenters. The molecule has 0 bridgehead atoms. The molecule has 2 aromatic carbocycles. The molecule has 0 amide bonds. The van der Waals surface area contributed by atoms with Gasteiger partial charge in [0.05, 0.1) is 10.6 Å². The van der Waals surface area contributed by atoms with Gasteiger partial charge >= 0.3 is 12.1 Å². The lowest BCUT2D eigenvalue weighted by Gasteiger charge is -2.28. The maximum Gasteiger partial charge on any atom is 0.490 e. The van der Waals surface area contributed by atoms with Crippen LogP contribution in [0.4, 0.5) is 13.2 Å². The summed E-state index contributed by atoms with van der Waals surface area (Å²) >= 11 is 6.26. The number of carbonyl (C=O) groups is 1. The Balaban J connectivity index is 0.000000638. The highest BCUT2D eigenvalue weighted by Crippen LogP contribution is 2.23. The normalized spacial score (nSPS) is 15.1. The summed E-state index contributed by atoms with van der Waals surface area (Å²) in [6.45, 7) is 3.78. The molecule has 3 rings (SSSR count). The van der Waals surface area contributed by atoms with E-state index >= 15 is 0 Å². The Morgan fingerprint density at radius 3 is 2.11 bits per heavy atom. The van der Waals surface area contributed by atoms with Crippen LogP contribution in [0.2, 0.25) is 5.02 Å². The summed E-state index contributed by atoms with van der Waals surface area (Å²) in [7, 11) is -7.49. The minimum absolute atomic E-state index is 0.00535. The highest BCUT2D eigenvalue weighted by atomic mass is 35.5. The third-order valence-electron chi connectivity index (χ3n) is 5.58. The molecule has 9 nitrogen and oxygen atoms in total. The number of aliphatic carboxylic acids is 1. The number of benzene rings is 2. The van der Waals surface area contributed by atoms with Crippen LogP contribution in [0.5, 0.6) is 0 Å². The molecule has 1 saturated heterocycles. The van der Waals surface area contributed by atoms with Crippen LogP contribution in [0.15, 0.2) is 53.4 Å². The molecule has 0 atom stereocenters. The van der Waals surface area contributed by atoms with Gasteiger partial charge in [0.25, 0.3) is 0 Å². The predicted molar refractivity (Wildman–Crippen MR) is 137 cm³/mol. The zero-order chi connectivity index (χ0) is 28.6. The van der Waals surface area contributed by atoms with Crippen molar-refractivity contribution in [2.45, 2.75) is 31.0 Å². The average molecular weight is 600 g/mol. The number of hydrogen-bond donors (Lipinski definition) is 2. The summed E-state index contributed by atoms with van der Waals surface area (Å²) in [5, 5.41) is 10.7. The van der Waals surface area contributed by atoms with Crippen LogP contribution in [-0.4, -0.2) is 81.2 Å². The van der Waals surface area contributed by atoms with Gasteiger partial charge in [-0.25, -0.2) is 21.6 Å². The highest BCUT2D eigenvalue weighted by Gasteiger charge is 2.38. The van der Waals surface area contributed by atoms with E-state index in [0.29, 0.717) is 36.8 Å². The quantitative estimate of drug-likeness (QED) is 0.454. The van der Waals surface area contributed by atoms with Crippen LogP contribution in [-0.2, 0) is 37.8 Å². The summed E-state index contributed by atoms with van der Waals surface area (Å²) in [6.07, 6.45) is -4.29. The van der Waals surface area contributed by atoms with Crippen molar-refractivity contribution in [3.63, 3.8) is 0 Å². The zero-order valence-corrected chi connectivity index (χ0v) is 22.9. The number of halogens is 4. The van der Waals surface area contributed by atoms with E-state index in [1.165, 1.54) is 8.61 Å². The summed E-state index contributed by atoms with van der Waals surface area (Å²) < 4.78 is 86.8. The number of piperazine rings is 1. The number of carboxylic acid groups (broad SMARTS) is 1. The fourth-order valence-corrected chi connectivity index (χ4v) is 6.59. The fraction of sp³-hybridized carbons (Fsp3) is 0.435. The molecule has 38 heavy (non-hydrogen) atoms. The number of carboxylic acids is 1. The number of sulfonamides is 2. The van der Waals surface area contributed by atoms with E-state index < -0.39 is 32.2 Å². The zero-order valence-electron chi connectivity index (χ0n) is 20.5. The fourth-order valence-electron chi connectivity index (χ4n) is 3.42. The molecule has 0 spiro atoms. The van der Waals surface area contributed by atoms with Crippen LogP contribution in [0.1, 0.15) is 18.1 Å². The van der Waals surface area contributed by atoms with Crippen LogP contribution in [0.25, 0.3) is 0 Å². The van der Waals surface area contributed by atoms with Gasteiger partial charge in [-0.2, -0.15) is 21.8 Å². The molecule has 1 aliphatic heterocycles. The first-order valence-electron chi connectivity index (χ1n) is 11.5. The molecule has 15 heteroatoms. The van der Waals surface area contributed by atoms with Gasteiger partial charge in [0.15, 0.2) is 0 Å². The smallest absolute Gasteiger partial charge is 0.475 e. The SMILES string of the molecule is CCc1ccc(S(=O)(=O)N(CCS(=O)(=O)N2CCNCC2)Cc2ccccc2Cl)cc1.O=C(O)C(F)(F)F. The monoisotopic (exact) mass is 599 g/mol. The second-order valence-corrected chi connectivity index (χ2v) is 12.6. The van der Waals surface area contributed by atoms with E-state index in [1.54, 1.807) is 48.5 Å². The van der Waals surface area contributed by atoms with Gasteiger partial charge in [-0.05, 0) is 35.7 Å².